The molecular weight excluding hydrogens is 190 g/mol. The molecule has 0 aromatic rings. The van der Waals surface area contributed by atoms with E-state index in [0.29, 0.717) is 6.42 Å². The number of hydrogen-bond donors (Lipinski definition) is 1. The van der Waals surface area contributed by atoms with Crippen LogP contribution in [-0.2, 0) is 9.63 Å². The van der Waals surface area contributed by atoms with E-state index >= 15 is 0 Å². The zero-order chi connectivity index (χ0) is 11.4. The fraction of sp³-hybridized carbons (Fsp3) is 0.917. The summed E-state index contributed by atoms with van der Waals surface area (Å²) in [6, 6.07) is 0. The molecule has 0 unspecified atom stereocenters. The second kappa shape index (κ2) is 11.5. The van der Waals surface area contributed by atoms with Crippen molar-refractivity contribution in [2.24, 2.45) is 0 Å². The monoisotopic (exact) mass is 215 g/mol. The topological polar surface area (TPSA) is 38.3 Å². The lowest BCUT2D eigenvalue weighted by molar-refractivity contribution is -0.131. The van der Waals surface area contributed by atoms with Crippen LogP contribution in [0, 0.1) is 0 Å². The number of carbonyl (C=O) groups excluding carboxylic acids is 1. The third-order valence-electron chi connectivity index (χ3n) is 2.47. The Balaban J connectivity index is 3.01. The molecule has 1 amide bonds. The standard InChI is InChI=1S/C12H25NO2/c1-3-4-5-6-7-8-9-10-11-12(14)13-15-2/h3-11H2,1-2H3,(H,13,14). The van der Waals surface area contributed by atoms with E-state index in [1.54, 1.807) is 0 Å². The Bertz CT molecular complexity index is 149. The summed E-state index contributed by atoms with van der Waals surface area (Å²) in [5.74, 6) is -0.0107. The van der Waals surface area contributed by atoms with Gasteiger partial charge < -0.3 is 0 Å². The summed E-state index contributed by atoms with van der Waals surface area (Å²) < 4.78 is 0. The fourth-order valence-corrected chi connectivity index (χ4v) is 1.58. The molecule has 0 saturated carbocycles. The largest absolute Gasteiger partial charge is 0.277 e. The van der Waals surface area contributed by atoms with Gasteiger partial charge in [-0.05, 0) is 6.42 Å². The lowest BCUT2D eigenvalue weighted by Gasteiger charge is -2.02. The smallest absolute Gasteiger partial charge is 0.243 e. The third kappa shape index (κ3) is 11.4. The zero-order valence-corrected chi connectivity index (χ0v) is 10.2. The van der Waals surface area contributed by atoms with Crippen LogP contribution in [0.3, 0.4) is 0 Å². The Kier molecular flexibility index (Phi) is 11.1. The predicted octanol–water partition coefficient (Wildman–Crippen LogP) is 3.19. The first-order chi connectivity index (χ1) is 7.31. The minimum atomic E-state index is -0.0107. The molecule has 15 heavy (non-hydrogen) atoms. The van der Waals surface area contributed by atoms with E-state index < -0.39 is 0 Å². The Labute approximate surface area is 93.5 Å². The van der Waals surface area contributed by atoms with Gasteiger partial charge in [-0.3, -0.25) is 9.63 Å². The molecular formula is C12H25NO2. The van der Waals surface area contributed by atoms with Crippen molar-refractivity contribution < 1.29 is 9.63 Å². The van der Waals surface area contributed by atoms with Crippen LogP contribution in [0.4, 0.5) is 0 Å². The van der Waals surface area contributed by atoms with Crippen LogP contribution >= 0.6 is 0 Å². The SMILES string of the molecule is CCCCCCCCCCC(=O)NOC. The molecule has 0 aliphatic rings. The molecule has 0 atom stereocenters. The van der Waals surface area contributed by atoms with Gasteiger partial charge in [0.1, 0.15) is 0 Å². The molecule has 0 aliphatic carbocycles. The van der Waals surface area contributed by atoms with Gasteiger partial charge in [0, 0.05) is 6.42 Å². The van der Waals surface area contributed by atoms with E-state index in [1.807, 2.05) is 0 Å². The van der Waals surface area contributed by atoms with Crippen molar-refractivity contribution in [2.75, 3.05) is 7.11 Å². The highest BCUT2D eigenvalue weighted by atomic mass is 16.6. The van der Waals surface area contributed by atoms with Crippen molar-refractivity contribution in [2.45, 2.75) is 64.7 Å². The summed E-state index contributed by atoms with van der Waals surface area (Å²) in [5, 5.41) is 0. The summed E-state index contributed by atoms with van der Waals surface area (Å²) in [6.07, 6.45) is 10.6. The summed E-state index contributed by atoms with van der Waals surface area (Å²) in [5.41, 5.74) is 2.33. The van der Waals surface area contributed by atoms with Gasteiger partial charge in [0.2, 0.25) is 5.91 Å². The molecule has 3 nitrogen and oxygen atoms in total. The van der Waals surface area contributed by atoms with Crippen LogP contribution in [0.5, 0.6) is 0 Å². The molecule has 0 rings (SSSR count). The normalized spacial score (nSPS) is 10.3. The maximum absolute atomic E-state index is 11.0. The van der Waals surface area contributed by atoms with Crippen molar-refractivity contribution in [3.8, 4) is 0 Å². The molecule has 0 spiro atoms. The molecule has 1 N–H and O–H groups in total. The molecule has 0 fully saturated rings. The minimum absolute atomic E-state index is 0.0107. The number of hydroxylamine groups is 1. The predicted molar refractivity (Wildman–Crippen MR) is 62.4 cm³/mol. The highest BCUT2D eigenvalue weighted by Gasteiger charge is 1.98. The van der Waals surface area contributed by atoms with E-state index in [0.717, 1.165) is 12.8 Å². The second-order valence-electron chi connectivity index (χ2n) is 3.95. The van der Waals surface area contributed by atoms with E-state index in [9.17, 15) is 4.79 Å². The van der Waals surface area contributed by atoms with Crippen LogP contribution in [0.2, 0.25) is 0 Å². The van der Waals surface area contributed by atoms with E-state index in [4.69, 9.17) is 0 Å². The van der Waals surface area contributed by atoms with Gasteiger partial charge in [0.05, 0.1) is 7.11 Å². The highest BCUT2D eigenvalue weighted by Crippen LogP contribution is 2.09. The van der Waals surface area contributed by atoms with Gasteiger partial charge in [-0.1, -0.05) is 51.9 Å². The van der Waals surface area contributed by atoms with Gasteiger partial charge in [-0.2, -0.15) is 0 Å². The average molecular weight is 215 g/mol. The molecule has 0 heterocycles. The number of rotatable bonds is 10. The quantitative estimate of drug-likeness (QED) is 0.449. The molecule has 0 aliphatic heterocycles. The maximum Gasteiger partial charge on any atom is 0.243 e. The van der Waals surface area contributed by atoms with Gasteiger partial charge >= 0.3 is 0 Å². The fourth-order valence-electron chi connectivity index (χ4n) is 1.58. The Morgan fingerprint density at radius 3 is 2.07 bits per heavy atom. The first kappa shape index (κ1) is 14.4. The summed E-state index contributed by atoms with van der Waals surface area (Å²) in [6.45, 7) is 2.23. The third-order valence-corrected chi connectivity index (χ3v) is 2.47. The van der Waals surface area contributed by atoms with Crippen LogP contribution in [0.25, 0.3) is 0 Å². The number of hydrogen-bond acceptors (Lipinski definition) is 2. The number of nitrogens with one attached hydrogen (secondary N) is 1. The van der Waals surface area contributed by atoms with E-state index in [1.165, 1.54) is 45.6 Å². The maximum atomic E-state index is 11.0. The Morgan fingerprint density at radius 1 is 1.00 bits per heavy atom. The summed E-state index contributed by atoms with van der Waals surface area (Å²) in [4.78, 5) is 15.5. The van der Waals surface area contributed by atoms with Crippen molar-refractivity contribution in [1.29, 1.82) is 0 Å². The molecule has 0 saturated heterocycles. The minimum Gasteiger partial charge on any atom is -0.277 e. The van der Waals surface area contributed by atoms with Crippen molar-refractivity contribution >= 4 is 5.91 Å². The number of amides is 1. The van der Waals surface area contributed by atoms with Crippen molar-refractivity contribution in [3.63, 3.8) is 0 Å². The molecule has 0 bridgehead atoms. The van der Waals surface area contributed by atoms with E-state index in [2.05, 4.69) is 17.2 Å². The lowest BCUT2D eigenvalue weighted by atomic mass is 10.1. The lowest BCUT2D eigenvalue weighted by Crippen LogP contribution is -2.21. The van der Waals surface area contributed by atoms with Crippen LogP contribution in [0.1, 0.15) is 64.7 Å². The molecule has 0 radical (unpaired) electrons. The first-order valence-electron chi connectivity index (χ1n) is 6.13. The average Bonchev–Trinajstić information content (AvgIpc) is 2.22. The van der Waals surface area contributed by atoms with Crippen LogP contribution < -0.4 is 5.48 Å². The molecule has 0 aromatic heterocycles. The van der Waals surface area contributed by atoms with E-state index in [-0.39, 0.29) is 5.91 Å². The van der Waals surface area contributed by atoms with Crippen LogP contribution in [-0.4, -0.2) is 13.0 Å². The Morgan fingerprint density at radius 2 is 1.53 bits per heavy atom. The Hall–Kier alpha value is -0.570. The molecule has 0 aromatic carbocycles. The number of carbonyl (C=O) groups is 1. The van der Waals surface area contributed by atoms with Gasteiger partial charge in [0.25, 0.3) is 0 Å². The van der Waals surface area contributed by atoms with Crippen LogP contribution in [0.15, 0.2) is 0 Å². The second-order valence-corrected chi connectivity index (χ2v) is 3.95. The molecule has 90 valence electrons. The summed E-state index contributed by atoms with van der Waals surface area (Å²) >= 11 is 0. The van der Waals surface area contributed by atoms with Gasteiger partial charge in [-0.15, -0.1) is 0 Å². The number of unbranched alkanes of at least 4 members (excludes halogenated alkanes) is 7. The zero-order valence-electron chi connectivity index (χ0n) is 10.2. The summed E-state index contributed by atoms with van der Waals surface area (Å²) in [7, 11) is 1.46. The van der Waals surface area contributed by atoms with Gasteiger partial charge in [0.15, 0.2) is 0 Å². The highest BCUT2D eigenvalue weighted by molar-refractivity contribution is 5.74. The molecule has 3 heteroatoms. The first-order valence-corrected chi connectivity index (χ1v) is 6.13. The van der Waals surface area contributed by atoms with Crippen molar-refractivity contribution in [3.05, 3.63) is 0 Å². The van der Waals surface area contributed by atoms with Crippen molar-refractivity contribution in [1.82, 2.24) is 5.48 Å². The van der Waals surface area contributed by atoms with Gasteiger partial charge in [-0.25, -0.2) is 5.48 Å².